The smallest absolute Gasteiger partial charge is 0.251 e. The Morgan fingerprint density at radius 3 is 2.61 bits per heavy atom. The Kier molecular flexibility index (Phi) is 3.96. The van der Waals surface area contributed by atoms with E-state index in [0.29, 0.717) is 5.56 Å². The molecule has 18 heavy (non-hydrogen) atoms. The first-order valence-corrected chi connectivity index (χ1v) is 6.38. The second-order valence-corrected chi connectivity index (χ2v) is 4.61. The first-order chi connectivity index (χ1) is 8.66. The summed E-state index contributed by atoms with van der Waals surface area (Å²) >= 11 is 1.50. The second kappa shape index (κ2) is 5.66. The second-order valence-electron chi connectivity index (χ2n) is 3.83. The number of nitrogens with one attached hydrogen (secondary N) is 1. The highest BCUT2D eigenvalue weighted by atomic mass is 32.1. The minimum absolute atomic E-state index is 0.116. The van der Waals surface area contributed by atoms with Crippen LogP contribution in [0.2, 0.25) is 0 Å². The predicted octanol–water partition coefficient (Wildman–Crippen LogP) is 1.92. The molecule has 0 fully saturated rings. The monoisotopic (exact) mass is 263 g/mol. The third kappa shape index (κ3) is 3.09. The fourth-order valence-corrected chi connectivity index (χ4v) is 2.19. The number of aliphatic hydroxyl groups is 1. The van der Waals surface area contributed by atoms with E-state index in [1.807, 2.05) is 16.8 Å². The highest BCUT2D eigenvalue weighted by Crippen LogP contribution is 2.15. The van der Waals surface area contributed by atoms with Crippen LogP contribution >= 0.6 is 11.3 Å². The number of rotatable bonds is 4. The van der Waals surface area contributed by atoms with E-state index in [9.17, 15) is 9.90 Å². The van der Waals surface area contributed by atoms with Gasteiger partial charge in [0.1, 0.15) is 5.75 Å². The van der Waals surface area contributed by atoms with E-state index in [2.05, 4.69) is 5.32 Å². The molecule has 0 aliphatic carbocycles. The number of thiophene rings is 1. The van der Waals surface area contributed by atoms with E-state index < -0.39 is 6.10 Å². The number of aromatic hydroxyl groups is 1. The molecule has 1 amide bonds. The van der Waals surface area contributed by atoms with Gasteiger partial charge in [-0.25, -0.2) is 0 Å². The van der Waals surface area contributed by atoms with E-state index in [1.54, 1.807) is 0 Å². The highest BCUT2D eigenvalue weighted by molar-refractivity contribution is 7.07. The van der Waals surface area contributed by atoms with Crippen LogP contribution in [0.4, 0.5) is 0 Å². The Bertz CT molecular complexity index is 508. The molecule has 1 heterocycles. The zero-order chi connectivity index (χ0) is 13.0. The maximum Gasteiger partial charge on any atom is 0.251 e. The summed E-state index contributed by atoms with van der Waals surface area (Å²) in [5, 5.41) is 25.3. The van der Waals surface area contributed by atoms with Crippen molar-refractivity contribution in [2.45, 2.75) is 6.10 Å². The van der Waals surface area contributed by atoms with Crippen LogP contribution < -0.4 is 5.32 Å². The zero-order valence-corrected chi connectivity index (χ0v) is 10.4. The van der Waals surface area contributed by atoms with E-state index >= 15 is 0 Å². The molecule has 0 aliphatic heterocycles. The number of phenols is 1. The molecule has 1 unspecified atom stereocenters. The third-order valence-electron chi connectivity index (χ3n) is 2.51. The summed E-state index contributed by atoms with van der Waals surface area (Å²) in [6.45, 7) is 0.163. The molecule has 2 rings (SSSR count). The van der Waals surface area contributed by atoms with Crippen LogP contribution in [0.3, 0.4) is 0 Å². The molecule has 5 heteroatoms. The van der Waals surface area contributed by atoms with Crippen LogP contribution in [-0.2, 0) is 0 Å². The molecule has 0 radical (unpaired) electrons. The first-order valence-electron chi connectivity index (χ1n) is 5.44. The number of amides is 1. The van der Waals surface area contributed by atoms with Gasteiger partial charge in [-0.3, -0.25) is 4.79 Å². The van der Waals surface area contributed by atoms with Gasteiger partial charge in [-0.05, 0) is 46.7 Å². The summed E-state index contributed by atoms with van der Waals surface area (Å²) in [4.78, 5) is 11.7. The SMILES string of the molecule is O=C(NCC(O)c1ccsc1)c1ccc(O)cc1. The summed E-state index contributed by atoms with van der Waals surface area (Å²) in [7, 11) is 0. The number of benzene rings is 1. The van der Waals surface area contributed by atoms with Crippen molar-refractivity contribution in [3.63, 3.8) is 0 Å². The number of carbonyl (C=O) groups is 1. The Morgan fingerprint density at radius 1 is 1.28 bits per heavy atom. The van der Waals surface area contributed by atoms with E-state index in [0.717, 1.165) is 5.56 Å². The van der Waals surface area contributed by atoms with Gasteiger partial charge in [0.15, 0.2) is 0 Å². The minimum atomic E-state index is -0.697. The van der Waals surface area contributed by atoms with Crippen molar-refractivity contribution in [2.24, 2.45) is 0 Å². The van der Waals surface area contributed by atoms with Gasteiger partial charge < -0.3 is 15.5 Å². The van der Waals surface area contributed by atoms with Gasteiger partial charge in [-0.1, -0.05) is 0 Å². The minimum Gasteiger partial charge on any atom is -0.508 e. The molecule has 0 saturated carbocycles. The van der Waals surface area contributed by atoms with E-state index in [-0.39, 0.29) is 18.2 Å². The van der Waals surface area contributed by atoms with Gasteiger partial charge in [-0.2, -0.15) is 11.3 Å². The average Bonchev–Trinajstić information content (AvgIpc) is 2.90. The largest absolute Gasteiger partial charge is 0.508 e. The maximum atomic E-state index is 11.7. The molecule has 0 bridgehead atoms. The Labute approximate surface area is 109 Å². The van der Waals surface area contributed by atoms with Crippen molar-refractivity contribution in [3.8, 4) is 5.75 Å². The lowest BCUT2D eigenvalue weighted by Gasteiger charge is -2.10. The molecular weight excluding hydrogens is 250 g/mol. The lowest BCUT2D eigenvalue weighted by Crippen LogP contribution is -2.28. The quantitative estimate of drug-likeness (QED) is 0.789. The molecule has 0 aliphatic rings. The fourth-order valence-electron chi connectivity index (χ4n) is 1.49. The number of hydrogen-bond donors (Lipinski definition) is 3. The van der Waals surface area contributed by atoms with Crippen LogP contribution in [0.15, 0.2) is 41.1 Å². The topological polar surface area (TPSA) is 69.6 Å². The average molecular weight is 263 g/mol. The normalized spacial score (nSPS) is 12.1. The molecule has 1 aromatic heterocycles. The lowest BCUT2D eigenvalue weighted by atomic mass is 10.1. The summed E-state index contributed by atoms with van der Waals surface area (Å²) in [6.07, 6.45) is -0.697. The van der Waals surface area contributed by atoms with Crippen LogP contribution in [0.5, 0.6) is 5.75 Å². The Morgan fingerprint density at radius 2 is 2.00 bits per heavy atom. The van der Waals surface area contributed by atoms with Gasteiger partial charge in [0, 0.05) is 12.1 Å². The van der Waals surface area contributed by atoms with Gasteiger partial charge in [0.2, 0.25) is 0 Å². The van der Waals surface area contributed by atoms with Crippen molar-refractivity contribution in [2.75, 3.05) is 6.54 Å². The van der Waals surface area contributed by atoms with Crippen molar-refractivity contribution in [1.29, 1.82) is 0 Å². The summed E-state index contributed by atoms with van der Waals surface area (Å²) < 4.78 is 0. The van der Waals surface area contributed by atoms with Crippen LogP contribution in [0.25, 0.3) is 0 Å². The molecule has 0 saturated heterocycles. The first kappa shape index (κ1) is 12.6. The molecule has 1 atom stereocenters. The summed E-state index contributed by atoms with van der Waals surface area (Å²) in [5.41, 5.74) is 1.25. The number of phenolic OH excluding ortho intramolecular Hbond substituents is 1. The van der Waals surface area contributed by atoms with E-state index in [4.69, 9.17) is 5.11 Å². The number of hydrogen-bond acceptors (Lipinski definition) is 4. The molecule has 1 aromatic carbocycles. The van der Waals surface area contributed by atoms with Crippen LogP contribution in [0, 0.1) is 0 Å². The van der Waals surface area contributed by atoms with Gasteiger partial charge in [-0.15, -0.1) is 0 Å². The van der Waals surface area contributed by atoms with E-state index in [1.165, 1.54) is 35.6 Å². The third-order valence-corrected chi connectivity index (χ3v) is 3.21. The van der Waals surface area contributed by atoms with Crippen LogP contribution in [-0.4, -0.2) is 22.7 Å². The maximum absolute atomic E-state index is 11.7. The standard InChI is InChI=1S/C13H13NO3S/c15-11-3-1-9(2-4-11)13(17)14-7-12(16)10-5-6-18-8-10/h1-6,8,12,15-16H,7H2,(H,14,17). The predicted molar refractivity (Wildman–Crippen MR) is 69.7 cm³/mol. The molecule has 0 spiro atoms. The van der Waals surface area contributed by atoms with Crippen LogP contribution in [0.1, 0.15) is 22.0 Å². The molecule has 4 nitrogen and oxygen atoms in total. The van der Waals surface area contributed by atoms with Crippen molar-refractivity contribution >= 4 is 17.2 Å². The zero-order valence-electron chi connectivity index (χ0n) is 9.54. The van der Waals surface area contributed by atoms with Gasteiger partial charge in [0.05, 0.1) is 6.10 Å². The fraction of sp³-hybridized carbons (Fsp3) is 0.154. The Hall–Kier alpha value is -1.85. The summed E-state index contributed by atoms with van der Waals surface area (Å²) in [5.74, 6) is -0.158. The summed E-state index contributed by atoms with van der Waals surface area (Å²) in [6, 6.07) is 7.78. The Balaban J connectivity index is 1.90. The molecule has 3 N–H and O–H groups in total. The molecule has 94 valence electrons. The highest BCUT2D eigenvalue weighted by Gasteiger charge is 2.10. The molecular formula is C13H13NO3S. The molecule has 2 aromatic rings. The van der Waals surface area contributed by atoms with Crippen molar-refractivity contribution in [1.82, 2.24) is 5.32 Å². The van der Waals surface area contributed by atoms with Gasteiger partial charge in [0.25, 0.3) is 5.91 Å². The number of carbonyl (C=O) groups excluding carboxylic acids is 1. The van der Waals surface area contributed by atoms with Crippen molar-refractivity contribution in [3.05, 3.63) is 52.2 Å². The number of aliphatic hydroxyl groups excluding tert-OH is 1. The van der Waals surface area contributed by atoms with Gasteiger partial charge >= 0.3 is 0 Å². The lowest BCUT2D eigenvalue weighted by molar-refractivity contribution is 0.0916. The van der Waals surface area contributed by atoms with Crippen molar-refractivity contribution < 1.29 is 15.0 Å².